The number of benzene rings is 3. The van der Waals surface area contributed by atoms with Crippen molar-refractivity contribution in [3.63, 3.8) is 0 Å². The van der Waals surface area contributed by atoms with Crippen molar-refractivity contribution in [2.45, 2.75) is 47.1 Å². The van der Waals surface area contributed by atoms with Crippen molar-refractivity contribution in [2.24, 2.45) is 18.9 Å². The number of imidazole rings is 1. The van der Waals surface area contributed by atoms with Crippen molar-refractivity contribution < 1.29 is 4.57 Å². The summed E-state index contributed by atoms with van der Waals surface area (Å²) in [6, 6.07) is 20.3. The van der Waals surface area contributed by atoms with Gasteiger partial charge in [0.05, 0.1) is 11.1 Å². The van der Waals surface area contributed by atoms with Crippen LogP contribution < -0.4 is 4.57 Å². The summed E-state index contributed by atoms with van der Waals surface area (Å²) in [6.07, 6.45) is 6.70. The Morgan fingerprint density at radius 1 is 0.882 bits per heavy atom. The molecule has 172 valence electrons. The number of nitrogens with zero attached hydrogens (tertiary/aromatic N) is 3. The third kappa shape index (κ3) is 3.14. The molecule has 34 heavy (non-hydrogen) atoms. The van der Waals surface area contributed by atoms with Crippen molar-refractivity contribution in [2.75, 3.05) is 0 Å². The highest BCUT2D eigenvalue weighted by Crippen LogP contribution is 2.40. The van der Waals surface area contributed by atoms with E-state index in [4.69, 9.17) is 0 Å². The van der Waals surface area contributed by atoms with Crippen LogP contribution in [0.5, 0.6) is 0 Å². The molecule has 0 radical (unpaired) electrons. The van der Waals surface area contributed by atoms with Crippen LogP contribution >= 0.6 is 0 Å². The molecule has 3 heterocycles. The smallest absolute Gasteiger partial charge is 0.294 e. The van der Waals surface area contributed by atoms with Gasteiger partial charge in [-0.2, -0.15) is 4.57 Å². The standard InChI is InChI=1S/C31H34N3/c1-20(2)16-23-18-24(17-21(3)4)29(30-28(23)26-12-8-9-13-27(26)32(30)5)34-15-14-33-19-22-10-6-7-11-25(22)31(33)34/h6-15,18,20-21H,16-17,19H2,1-5H3/q+1. The van der Waals surface area contributed by atoms with Gasteiger partial charge in [0.2, 0.25) is 0 Å². The molecule has 3 aromatic carbocycles. The maximum atomic E-state index is 2.53. The zero-order valence-corrected chi connectivity index (χ0v) is 21.0. The van der Waals surface area contributed by atoms with E-state index >= 15 is 0 Å². The molecular formula is C31H34N3+. The fraction of sp³-hybridized carbons (Fsp3) is 0.323. The Balaban J connectivity index is 1.76. The Hall–Kier alpha value is -3.33. The number of para-hydroxylation sites is 1. The van der Waals surface area contributed by atoms with E-state index < -0.39 is 0 Å². The summed E-state index contributed by atoms with van der Waals surface area (Å²) in [7, 11) is 2.25. The minimum Gasteiger partial charge on any atom is -0.340 e. The van der Waals surface area contributed by atoms with E-state index in [-0.39, 0.29) is 0 Å². The second-order valence-corrected chi connectivity index (χ2v) is 10.8. The van der Waals surface area contributed by atoms with Gasteiger partial charge in [-0.1, -0.05) is 70.2 Å². The zero-order chi connectivity index (χ0) is 23.6. The minimum absolute atomic E-state index is 0.585. The van der Waals surface area contributed by atoms with E-state index in [2.05, 4.69) is 115 Å². The van der Waals surface area contributed by atoms with Gasteiger partial charge in [0.1, 0.15) is 18.9 Å². The summed E-state index contributed by atoms with van der Waals surface area (Å²) in [5.74, 6) is 2.49. The summed E-state index contributed by atoms with van der Waals surface area (Å²) in [5.41, 5.74) is 9.70. The summed E-state index contributed by atoms with van der Waals surface area (Å²) in [5, 5.41) is 2.79. The average Bonchev–Trinajstić information content (AvgIpc) is 3.45. The third-order valence-electron chi connectivity index (χ3n) is 7.30. The van der Waals surface area contributed by atoms with Gasteiger partial charge >= 0.3 is 0 Å². The van der Waals surface area contributed by atoms with E-state index in [0.717, 1.165) is 19.4 Å². The van der Waals surface area contributed by atoms with Crippen LogP contribution in [0.2, 0.25) is 0 Å². The van der Waals surface area contributed by atoms with Crippen LogP contribution in [0, 0.1) is 11.8 Å². The van der Waals surface area contributed by atoms with Crippen LogP contribution in [0.1, 0.15) is 44.4 Å². The topological polar surface area (TPSA) is 13.7 Å². The van der Waals surface area contributed by atoms with Gasteiger partial charge in [-0.05, 0) is 42.4 Å². The molecular weight excluding hydrogens is 414 g/mol. The van der Waals surface area contributed by atoms with E-state index in [1.165, 1.54) is 55.6 Å². The van der Waals surface area contributed by atoms with E-state index in [1.807, 2.05) is 0 Å². The SMILES string of the molecule is CC(C)Cc1cc(CC(C)C)c2c3ccccc3n(C)c2c1-n1cc[n+]2c1-c1ccccc1C2. The van der Waals surface area contributed by atoms with Gasteiger partial charge in [-0.3, -0.25) is 0 Å². The lowest BCUT2D eigenvalue weighted by atomic mass is 9.91. The first-order valence-corrected chi connectivity index (χ1v) is 12.6. The van der Waals surface area contributed by atoms with E-state index in [1.54, 1.807) is 0 Å². The van der Waals surface area contributed by atoms with Gasteiger partial charge in [-0.25, -0.2) is 4.57 Å². The van der Waals surface area contributed by atoms with Crippen LogP contribution in [0.25, 0.3) is 38.9 Å². The lowest BCUT2D eigenvalue weighted by molar-refractivity contribution is -0.671. The lowest BCUT2D eigenvalue weighted by Gasteiger charge is -2.17. The molecule has 0 saturated carbocycles. The molecule has 6 rings (SSSR count). The number of aryl methyl sites for hydroxylation is 1. The second kappa shape index (κ2) is 7.87. The Kier molecular flexibility index (Phi) is 4.91. The normalized spacial score (nSPS) is 12.9. The molecule has 0 N–H and O–H groups in total. The monoisotopic (exact) mass is 448 g/mol. The number of aromatic nitrogens is 3. The van der Waals surface area contributed by atoms with Crippen LogP contribution in [-0.4, -0.2) is 9.13 Å². The van der Waals surface area contributed by atoms with Crippen LogP contribution in [0.4, 0.5) is 0 Å². The molecule has 0 saturated heterocycles. The fourth-order valence-corrected chi connectivity index (χ4v) is 6.04. The largest absolute Gasteiger partial charge is 0.340 e. The highest BCUT2D eigenvalue weighted by atomic mass is 15.2. The van der Waals surface area contributed by atoms with Crippen LogP contribution in [0.3, 0.4) is 0 Å². The first-order valence-electron chi connectivity index (χ1n) is 12.6. The summed E-state index contributed by atoms with van der Waals surface area (Å²) in [6.45, 7) is 10.3. The first-order chi connectivity index (χ1) is 16.4. The Labute approximate surface area is 202 Å². The number of fused-ring (bicyclic) bond motifs is 6. The molecule has 0 fully saturated rings. The molecule has 0 aliphatic carbocycles. The summed E-state index contributed by atoms with van der Waals surface area (Å²) in [4.78, 5) is 0. The molecule has 3 nitrogen and oxygen atoms in total. The van der Waals surface area contributed by atoms with Gasteiger partial charge in [0.15, 0.2) is 5.69 Å². The predicted octanol–water partition coefficient (Wildman–Crippen LogP) is 6.84. The molecule has 0 bridgehead atoms. The van der Waals surface area contributed by atoms with Gasteiger partial charge in [0, 0.05) is 34.5 Å². The summed E-state index contributed by atoms with van der Waals surface area (Å²) < 4.78 is 7.32. The van der Waals surface area contributed by atoms with Crippen molar-refractivity contribution in [3.8, 4) is 17.1 Å². The van der Waals surface area contributed by atoms with Crippen molar-refractivity contribution in [1.29, 1.82) is 0 Å². The Bertz CT molecular complexity index is 1540. The van der Waals surface area contributed by atoms with Gasteiger partial charge in [-0.15, -0.1) is 0 Å². The molecule has 0 amide bonds. The number of hydrogen-bond donors (Lipinski definition) is 0. The molecule has 0 spiro atoms. The first kappa shape index (κ1) is 21.2. The molecule has 0 unspecified atom stereocenters. The van der Waals surface area contributed by atoms with Crippen molar-refractivity contribution in [1.82, 2.24) is 9.13 Å². The highest BCUT2D eigenvalue weighted by Gasteiger charge is 2.33. The van der Waals surface area contributed by atoms with Crippen molar-refractivity contribution >= 4 is 21.8 Å². The lowest BCUT2D eigenvalue weighted by Crippen LogP contribution is -2.30. The van der Waals surface area contributed by atoms with Crippen LogP contribution in [-0.2, 0) is 26.4 Å². The molecule has 3 heteroatoms. The molecule has 1 aliphatic rings. The second-order valence-electron chi connectivity index (χ2n) is 10.8. The maximum Gasteiger partial charge on any atom is 0.294 e. The minimum atomic E-state index is 0.585. The van der Waals surface area contributed by atoms with Gasteiger partial charge < -0.3 is 4.57 Å². The average molecular weight is 449 g/mol. The molecule has 5 aromatic rings. The number of rotatable bonds is 5. The highest BCUT2D eigenvalue weighted by molar-refractivity contribution is 6.13. The van der Waals surface area contributed by atoms with Gasteiger partial charge in [0.25, 0.3) is 5.82 Å². The zero-order valence-electron chi connectivity index (χ0n) is 21.0. The quantitative estimate of drug-likeness (QED) is 0.256. The predicted molar refractivity (Wildman–Crippen MR) is 142 cm³/mol. The summed E-state index contributed by atoms with van der Waals surface area (Å²) >= 11 is 0. The van der Waals surface area contributed by atoms with Crippen LogP contribution in [0.15, 0.2) is 67.0 Å². The Morgan fingerprint density at radius 2 is 1.59 bits per heavy atom. The molecule has 0 atom stereocenters. The number of hydrogen-bond acceptors (Lipinski definition) is 0. The molecule has 2 aromatic heterocycles. The maximum absolute atomic E-state index is 2.53. The fourth-order valence-electron chi connectivity index (χ4n) is 6.04. The molecule has 1 aliphatic heterocycles. The Morgan fingerprint density at radius 3 is 2.38 bits per heavy atom. The van der Waals surface area contributed by atoms with Crippen molar-refractivity contribution in [3.05, 3.63) is 83.7 Å². The third-order valence-corrected chi connectivity index (χ3v) is 7.30. The van der Waals surface area contributed by atoms with E-state index in [0.29, 0.717) is 11.8 Å². The van der Waals surface area contributed by atoms with E-state index in [9.17, 15) is 0 Å².